The average Bonchev–Trinajstić information content (AvgIpc) is 2.56. The van der Waals surface area contributed by atoms with Gasteiger partial charge in [0.2, 0.25) is 5.91 Å². The van der Waals surface area contributed by atoms with Gasteiger partial charge in [-0.25, -0.2) is 4.79 Å². The third-order valence-corrected chi connectivity index (χ3v) is 4.53. The zero-order valence-corrected chi connectivity index (χ0v) is 15.2. The lowest BCUT2D eigenvalue weighted by atomic mass is 9.98. The van der Waals surface area contributed by atoms with Crippen LogP contribution in [0.4, 0.5) is 10.5 Å². The molecule has 1 saturated heterocycles. The molecule has 5 heteroatoms. The molecule has 1 aliphatic heterocycles. The predicted octanol–water partition coefficient (Wildman–Crippen LogP) is 3.32. The van der Waals surface area contributed by atoms with E-state index >= 15 is 0 Å². The van der Waals surface area contributed by atoms with Gasteiger partial charge < -0.3 is 15.5 Å². The summed E-state index contributed by atoms with van der Waals surface area (Å²) in [6, 6.07) is 6.01. The fourth-order valence-corrected chi connectivity index (χ4v) is 2.93. The van der Waals surface area contributed by atoms with E-state index in [1.165, 1.54) is 0 Å². The molecule has 5 nitrogen and oxygen atoms in total. The number of nitrogens with zero attached hydrogens (tertiary/aromatic N) is 1. The van der Waals surface area contributed by atoms with E-state index in [0.29, 0.717) is 19.0 Å². The number of urea groups is 1. The van der Waals surface area contributed by atoms with E-state index in [0.717, 1.165) is 36.2 Å². The van der Waals surface area contributed by atoms with Gasteiger partial charge in [-0.3, -0.25) is 4.79 Å². The number of hydrogen-bond donors (Lipinski definition) is 2. The molecule has 3 amide bonds. The highest BCUT2D eigenvalue weighted by Crippen LogP contribution is 2.20. The normalized spacial score (nSPS) is 17.7. The van der Waals surface area contributed by atoms with E-state index < -0.39 is 0 Å². The second-order valence-corrected chi connectivity index (χ2v) is 7.10. The zero-order valence-electron chi connectivity index (χ0n) is 15.2. The molecule has 24 heavy (non-hydrogen) atoms. The van der Waals surface area contributed by atoms with E-state index in [1.807, 2.05) is 50.8 Å². The number of hydrogen-bond acceptors (Lipinski definition) is 2. The summed E-state index contributed by atoms with van der Waals surface area (Å²) in [5.74, 6) is 0.398. The van der Waals surface area contributed by atoms with Gasteiger partial charge in [0.1, 0.15) is 0 Å². The standard InChI is InChI=1S/C19H29N3O2/c1-13(2)18(23)20-11-16-6-5-9-22(12-16)19(24)21-17-10-14(3)7-8-15(17)4/h7-8,10,13,16H,5-6,9,11-12H2,1-4H3,(H,20,23)(H,21,24). The van der Waals surface area contributed by atoms with Crippen molar-refractivity contribution in [1.29, 1.82) is 0 Å². The monoisotopic (exact) mass is 331 g/mol. The first-order chi connectivity index (χ1) is 11.4. The molecule has 1 aliphatic rings. The van der Waals surface area contributed by atoms with E-state index in [4.69, 9.17) is 0 Å². The van der Waals surface area contributed by atoms with Crippen LogP contribution in [-0.2, 0) is 4.79 Å². The first kappa shape index (κ1) is 18.3. The number of anilines is 1. The molecule has 2 rings (SSSR count). The second kappa shape index (κ2) is 8.18. The molecule has 0 bridgehead atoms. The van der Waals surface area contributed by atoms with Crippen LogP contribution in [0.25, 0.3) is 0 Å². The molecule has 1 aromatic rings. The molecule has 0 aromatic heterocycles. The Labute approximate surface area is 144 Å². The Morgan fingerprint density at radius 1 is 1.29 bits per heavy atom. The van der Waals surface area contributed by atoms with Crippen molar-refractivity contribution in [2.45, 2.75) is 40.5 Å². The smallest absolute Gasteiger partial charge is 0.321 e. The lowest BCUT2D eigenvalue weighted by Crippen LogP contribution is -2.45. The number of likely N-dealkylation sites (tertiary alicyclic amines) is 1. The van der Waals surface area contributed by atoms with Crippen molar-refractivity contribution in [3.63, 3.8) is 0 Å². The molecule has 0 aliphatic carbocycles. The Morgan fingerprint density at radius 2 is 2.04 bits per heavy atom. The van der Waals surface area contributed by atoms with Crippen LogP contribution >= 0.6 is 0 Å². The minimum Gasteiger partial charge on any atom is -0.356 e. The van der Waals surface area contributed by atoms with Crippen LogP contribution in [-0.4, -0.2) is 36.5 Å². The Balaban J connectivity index is 1.90. The van der Waals surface area contributed by atoms with Gasteiger partial charge in [-0.05, 0) is 49.8 Å². The second-order valence-electron chi connectivity index (χ2n) is 7.10. The molecular formula is C19H29N3O2. The molecule has 132 valence electrons. The number of amides is 3. The van der Waals surface area contributed by atoms with E-state index in [-0.39, 0.29) is 17.9 Å². The van der Waals surface area contributed by atoms with Crippen LogP contribution in [0.15, 0.2) is 18.2 Å². The lowest BCUT2D eigenvalue weighted by Gasteiger charge is -2.33. The molecule has 0 saturated carbocycles. The summed E-state index contributed by atoms with van der Waals surface area (Å²) in [5.41, 5.74) is 3.06. The SMILES string of the molecule is Cc1ccc(C)c(NC(=O)N2CCCC(CNC(=O)C(C)C)C2)c1. The summed E-state index contributed by atoms with van der Waals surface area (Å²) in [6.07, 6.45) is 2.02. The number of carbonyl (C=O) groups excluding carboxylic acids is 2. The molecular weight excluding hydrogens is 302 g/mol. The third kappa shape index (κ3) is 4.98. The fourth-order valence-electron chi connectivity index (χ4n) is 2.93. The van der Waals surface area contributed by atoms with Crippen molar-refractivity contribution in [2.75, 3.05) is 25.0 Å². The maximum Gasteiger partial charge on any atom is 0.321 e. The van der Waals surface area contributed by atoms with Crippen molar-refractivity contribution in [1.82, 2.24) is 10.2 Å². The first-order valence-electron chi connectivity index (χ1n) is 8.77. The van der Waals surface area contributed by atoms with Crippen molar-refractivity contribution >= 4 is 17.6 Å². The van der Waals surface area contributed by atoms with E-state index in [1.54, 1.807) is 0 Å². The molecule has 2 N–H and O–H groups in total. The average molecular weight is 331 g/mol. The topological polar surface area (TPSA) is 61.4 Å². The van der Waals surface area contributed by atoms with Crippen LogP contribution in [0.3, 0.4) is 0 Å². The Hall–Kier alpha value is -2.04. The van der Waals surface area contributed by atoms with Crippen molar-refractivity contribution in [3.05, 3.63) is 29.3 Å². The summed E-state index contributed by atoms with van der Waals surface area (Å²) >= 11 is 0. The molecule has 0 spiro atoms. The Bertz CT molecular complexity index is 598. The highest BCUT2D eigenvalue weighted by molar-refractivity contribution is 5.90. The van der Waals surface area contributed by atoms with Crippen molar-refractivity contribution in [2.24, 2.45) is 11.8 Å². The largest absolute Gasteiger partial charge is 0.356 e. The Kier molecular flexibility index (Phi) is 6.23. The molecule has 1 aromatic carbocycles. The lowest BCUT2D eigenvalue weighted by molar-refractivity contribution is -0.124. The van der Waals surface area contributed by atoms with Crippen molar-refractivity contribution in [3.8, 4) is 0 Å². The maximum absolute atomic E-state index is 12.6. The minimum atomic E-state index is -0.0522. The summed E-state index contributed by atoms with van der Waals surface area (Å²) in [5, 5.41) is 6.00. The first-order valence-corrected chi connectivity index (χ1v) is 8.77. The van der Waals surface area contributed by atoms with Crippen LogP contribution in [0.2, 0.25) is 0 Å². The van der Waals surface area contributed by atoms with Gasteiger partial charge in [0.15, 0.2) is 0 Å². The molecule has 1 fully saturated rings. The molecule has 1 heterocycles. The zero-order chi connectivity index (χ0) is 17.7. The van der Waals surface area contributed by atoms with Gasteiger partial charge in [-0.1, -0.05) is 26.0 Å². The van der Waals surface area contributed by atoms with Gasteiger partial charge >= 0.3 is 6.03 Å². The number of benzene rings is 1. The van der Waals surface area contributed by atoms with E-state index in [9.17, 15) is 9.59 Å². The number of rotatable bonds is 4. The van der Waals surface area contributed by atoms with Crippen LogP contribution in [0.5, 0.6) is 0 Å². The molecule has 0 radical (unpaired) electrons. The van der Waals surface area contributed by atoms with E-state index in [2.05, 4.69) is 10.6 Å². The fraction of sp³-hybridized carbons (Fsp3) is 0.579. The summed E-state index contributed by atoms with van der Waals surface area (Å²) in [4.78, 5) is 26.1. The third-order valence-electron chi connectivity index (χ3n) is 4.53. The maximum atomic E-state index is 12.6. The number of aryl methyl sites for hydroxylation is 2. The predicted molar refractivity (Wildman–Crippen MR) is 97.1 cm³/mol. The summed E-state index contributed by atoms with van der Waals surface area (Å²) < 4.78 is 0. The van der Waals surface area contributed by atoms with Gasteiger partial charge in [0.05, 0.1) is 0 Å². The van der Waals surface area contributed by atoms with Crippen LogP contribution in [0, 0.1) is 25.7 Å². The minimum absolute atomic E-state index is 0.00251. The summed E-state index contributed by atoms with van der Waals surface area (Å²) in [7, 11) is 0. The van der Waals surface area contributed by atoms with Crippen LogP contribution in [0.1, 0.15) is 37.8 Å². The van der Waals surface area contributed by atoms with Gasteiger partial charge in [0.25, 0.3) is 0 Å². The summed E-state index contributed by atoms with van der Waals surface area (Å²) in [6.45, 7) is 9.89. The quantitative estimate of drug-likeness (QED) is 0.889. The van der Waals surface area contributed by atoms with Gasteiger partial charge in [-0.2, -0.15) is 0 Å². The molecule has 1 unspecified atom stereocenters. The molecule has 1 atom stereocenters. The highest BCUT2D eigenvalue weighted by Gasteiger charge is 2.24. The number of carbonyl (C=O) groups is 2. The highest BCUT2D eigenvalue weighted by atomic mass is 16.2. The number of piperidine rings is 1. The van der Waals surface area contributed by atoms with Gasteiger partial charge in [0, 0.05) is 31.2 Å². The van der Waals surface area contributed by atoms with Crippen molar-refractivity contribution < 1.29 is 9.59 Å². The Morgan fingerprint density at radius 3 is 2.75 bits per heavy atom. The van der Waals surface area contributed by atoms with Crippen LogP contribution < -0.4 is 10.6 Å². The van der Waals surface area contributed by atoms with Gasteiger partial charge in [-0.15, -0.1) is 0 Å². The number of nitrogens with one attached hydrogen (secondary N) is 2.